The van der Waals surface area contributed by atoms with E-state index in [1.807, 2.05) is 37.9 Å². The highest BCUT2D eigenvalue weighted by molar-refractivity contribution is 5.96. The van der Waals surface area contributed by atoms with Crippen molar-refractivity contribution in [1.82, 2.24) is 15.1 Å². The number of carbonyl (C=O) groups excluding carboxylic acids is 1. The molecule has 2 saturated heterocycles. The number of piperazine rings is 1. The molecule has 2 bridgehead atoms. The number of nitrogens with one attached hydrogen (secondary N) is 1. The minimum absolute atomic E-state index is 0.0139. The number of phenolic OH excluding ortho intramolecular Hbond substituents is 2. The summed E-state index contributed by atoms with van der Waals surface area (Å²) in [6.07, 6.45) is 1.34. The predicted molar refractivity (Wildman–Crippen MR) is 201 cm³/mol. The Balaban J connectivity index is 1.19. The van der Waals surface area contributed by atoms with Crippen LogP contribution in [0.2, 0.25) is 0 Å². The molecule has 0 saturated carbocycles. The van der Waals surface area contributed by atoms with Gasteiger partial charge in [0.15, 0.2) is 28.8 Å². The molecule has 1 amide bonds. The van der Waals surface area contributed by atoms with Crippen molar-refractivity contribution < 1.29 is 53.0 Å². The first kappa shape index (κ1) is 37.1. The van der Waals surface area contributed by atoms with Gasteiger partial charge in [0.25, 0.3) is 5.91 Å². The van der Waals surface area contributed by atoms with E-state index < -0.39 is 36.3 Å². The fourth-order valence-corrected chi connectivity index (χ4v) is 9.69. The van der Waals surface area contributed by atoms with Crippen LogP contribution in [0.25, 0.3) is 11.0 Å². The lowest BCUT2D eigenvalue weighted by Crippen LogP contribution is -2.69. The number of rotatable bonds is 9. The largest absolute Gasteiger partial charge is 0.504 e. The third-order valence-corrected chi connectivity index (χ3v) is 12.1. The first-order valence-corrected chi connectivity index (χ1v) is 18.7. The third kappa shape index (κ3) is 5.80. The SMILES string of the molecule is COc1c(C)c(OC)c2c(c1O)[C@@H]1[C@@H]3Cc4c(OC)c(C)c(OC)c(O)c4[C@H](CNC(=O)c4cc5cc(OC6CCOCC6)ccc5o4)N3[C@@H](O)[C@H](C2)N1C. The first-order chi connectivity index (χ1) is 26.5. The lowest BCUT2D eigenvalue weighted by molar-refractivity contribution is -0.171. The lowest BCUT2D eigenvalue weighted by Gasteiger charge is -2.60. The zero-order valence-corrected chi connectivity index (χ0v) is 32.2. The van der Waals surface area contributed by atoms with Crippen LogP contribution in [0.5, 0.6) is 40.2 Å². The maximum Gasteiger partial charge on any atom is 0.287 e. The number of aliphatic hydroxyl groups excluding tert-OH is 1. The standard InChI is InChI=1S/C41H49N3O11/c1-19-36(49-4)24-16-26-33-32-25(37(50-5)20(2)39(52-7)35(32)46)17-27(43(33)3)41(48)44(26)28(31(24)34(45)38(19)51-6)18-42-40(47)30-15-21-14-23(8-9-29(21)55-30)54-22-10-12-53-13-11-22/h8-9,14-15,22,26-28,33,41,45-46,48H,10-13,16-18H2,1-7H3,(H,42,47)/t26-,27-,28-,33-,41-/m0/s1. The van der Waals surface area contributed by atoms with E-state index >= 15 is 0 Å². The second-order valence-electron chi connectivity index (χ2n) is 14.8. The Labute approximate surface area is 319 Å². The van der Waals surface area contributed by atoms with Gasteiger partial charge in [-0.1, -0.05) is 0 Å². The molecule has 5 heterocycles. The summed E-state index contributed by atoms with van der Waals surface area (Å²) in [5.74, 6) is 1.98. The number of hydrogen-bond acceptors (Lipinski definition) is 13. The van der Waals surface area contributed by atoms with Gasteiger partial charge in [-0.3, -0.25) is 14.6 Å². The van der Waals surface area contributed by atoms with Crippen molar-refractivity contribution in [2.75, 3.05) is 55.2 Å². The van der Waals surface area contributed by atoms with E-state index in [0.29, 0.717) is 76.9 Å². The maximum absolute atomic E-state index is 13.9. The number of aromatic hydroxyl groups is 2. The van der Waals surface area contributed by atoms with Crippen LogP contribution in [0.3, 0.4) is 0 Å². The Kier molecular flexibility index (Phi) is 9.64. The molecule has 4 aliphatic rings. The third-order valence-electron chi connectivity index (χ3n) is 12.1. The van der Waals surface area contributed by atoms with Crippen LogP contribution in [0.15, 0.2) is 28.7 Å². The minimum atomic E-state index is -1.05. The predicted octanol–water partition coefficient (Wildman–Crippen LogP) is 4.68. The molecule has 2 fully saturated rings. The number of hydrogen-bond donors (Lipinski definition) is 4. The highest BCUT2D eigenvalue weighted by atomic mass is 16.5. The van der Waals surface area contributed by atoms with Gasteiger partial charge in [0, 0.05) is 64.2 Å². The molecule has 4 aliphatic heterocycles. The van der Waals surface area contributed by atoms with Gasteiger partial charge in [-0.05, 0) is 58.0 Å². The van der Waals surface area contributed by atoms with Crippen molar-refractivity contribution in [3.63, 3.8) is 0 Å². The number of ether oxygens (including phenoxy) is 6. The molecule has 14 heteroatoms. The van der Waals surface area contributed by atoms with E-state index in [2.05, 4.69) is 10.2 Å². The fraction of sp³-hybridized carbons (Fsp3) is 0.488. The van der Waals surface area contributed by atoms with Crippen molar-refractivity contribution in [3.05, 3.63) is 63.4 Å². The molecule has 14 nitrogen and oxygen atoms in total. The van der Waals surface area contributed by atoms with Gasteiger partial charge < -0.3 is 53.5 Å². The van der Waals surface area contributed by atoms with Crippen LogP contribution in [0.4, 0.5) is 0 Å². The fourth-order valence-electron chi connectivity index (χ4n) is 9.69. The monoisotopic (exact) mass is 759 g/mol. The van der Waals surface area contributed by atoms with E-state index in [4.69, 9.17) is 32.8 Å². The molecule has 294 valence electrons. The molecule has 0 radical (unpaired) electrons. The summed E-state index contributed by atoms with van der Waals surface area (Å²) in [5, 5.41) is 39.9. The maximum atomic E-state index is 13.9. The summed E-state index contributed by atoms with van der Waals surface area (Å²) in [5.41, 5.74) is 4.50. The summed E-state index contributed by atoms with van der Waals surface area (Å²) in [6.45, 7) is 4.98. The second kappa shape index (κ2) is 14.3. The summed E-state index contributed by atoms with van der Waals surface area (Å²) >= 11 is 0. The van der Waals surface area contributed by atoms with Crippen molar-refractivity contribution in [1.29, 1.82) is 0 Å². The number of furan rings is 1. The van der Waals surface area contributed by atoms with Gasteiger partial charge in [0.05, 0.1) is 59.8 Å². The highest BCUT2D eigenvalue weighted by Gasteiger charge is 2.56. The summed E-state index contributed by atoms with van der Waals surface area (Å²) in [4.78, 5) is 18.0. The smallest absolute Gasteiger partial charge is 0.287 e. The molecule has 1 aromatic heterocycles. The zero-order valence-electron chi connectivity index (χ0n) is 32.2. The lowest BCUT2D eigenvalue weighted by atomic mass is 9.73. The normalized spacial score (nSPS) is 23.7. The Bertz CT molecular complexity index is 2140. The number of fused-ring (bicyclic) bond motifs is 8. The number of nitrogens with zero attached hydrogens (tertiary/aromatic N) is 2. The molecule has 0 aliphatic carbocycles. The molecular weight excluding hydrogens is 710 g/mol. The second-order valence-corrected chi connectivity index (χ2v) is 14.8. The molecule has 4 N–H and O–H groups in total. The number of amides is 1. The van der Waals surface area contributed by atoms with E-state index in [1.54, 1.807) is 26.4 Å². The van der Waals surface area contributed by atoms with Gasteiger partial charge in [0.1, 0.15) is 35.2 Å². The number of carbonyl (C=O) groups is 1. The molecule has 5 atom stereocenters. The molecule has 0 unspecified atom stereocenters. The number of benzene rings is 3. The van der Waals surface area contributed by atoms with E-state index in [-0.39, 0.29) is 35.7 Å². The molecule has 3 aromatic carbocycles. The number of aliphatic hydroxyl groups is 1. The van der Waals surface area contributed by atoms with Crippen LogP contribution in [0, 0.1) is 13.8 Å². The van der Waals surface area contributed by atoms with Crippen molar-refractivity contribution in [2.45, 2.75) is 76.0 Å². The topological polar surface area (TPSA) is 165 Å². The van der Waals surface area contributed by atoms with E-state index in [0.717, 1.165) is 29.4 Å². The Morgan fingerprint density at radius 2 is 1.45 bits per heavy atom. The molecule has 8 rings (SSSR count). The number of phenols is 2. The minimum Gasteiger partial charge on any atom is -0.504 e. The van der Waals surface area contributed by atoms with Crippen LogP contribution in [0.1, 0.15) is 68.9 Å². The Morgan fingerprint density at radius 1 is 0.855 bits per heavy atom. The van der Waals surface area contributed by atoms with Crippen molar-refractivity contribution >= 4 is 16.9 Å². The molecule has 0 spiro atoms. The summed E-state index contributed by atoms with van der Waals surface area (Å²) in [7, 11) is 8.11. The molecular formula is C41H49N3O11. The van der Waals surface area contributed by atoms with Crippen LogP contribution in [-0.2, 0) is 17.6 Å². The van der Waals surface area contributed by atoms with Crippen LogP contribution < -0.4 is 29.0 Å². The van der Waals surface area contributed by atoms with Gasteiger partial charge >= 0.3 is 0 Å². The van der Waals surface area contributed by atoms with Gasteiger partial charge in [-0.15, -0.1) is 0 Å². The first-order valence-electron chi connectivity index (χ1n) is 18.7. The molecule has 4 aromatic rings. The van der Waals surface area contributed by atoms with Gasteiger partial charge in [-0.25, -0.2) is 0 Å². The van der Waals surface area contributed by atoms with Crippen molar-refractivity contribution in [2.24, 2.45) is 0 Å². The zero-order chi connectivity index (χ0) is 38.9. The quantitative estimate of drug-likeness (QED) is 0.186. The highest BCUT2D eigenvalue weighted by Crippen LogP contribution is 2.58. The van der Waals surface area contributed by atoms with E-state index in [9.17, 15) is 20.1 Å². The Hall–Kier alpha value is -4.89. The van der Waals surface area contributed by atoms with Crippen molar-refractivity contribution in [3.8, 4) is 40.2 Å². The summed E-state index contributed by atoms with van der Waals surface area (Å²) < 4.78 is 41.0. The van der Waals surface area contributed by atoms with Crippen LogP contribution >= 0.6 is 0 Å². The van der Waals surface area contributed by atoms with E-state index in [1.165, 1.54) is 14.2 Å². The number of methoxy groups -OCH3 is 4. The average Bonchev–Trinajstić information content (AvgIpc) is 3.60. The average molecular weight is 760 g/mol. The Morgan fingerprint density at radius 3 is 2.09 bits per heavy atom. The van der Waals surface area contributed by atoms with Gasteiger partial charge in [-0.2, -0.15) is 0 Å². The number of likely N-dealkylation sites (N-methyl/N-ethyl adjacent to an activating group) is 1. The molecule has 55 heavy (non-hydrogen) atoms. The summed E-state index contributed by atoms with van der Waals surface area (Å²) in [6, 6.07) is 5.08. The van der Waals surface area contributed by atoms with Gasteiger partial charge in [0.2, 0.25) is 0 Å². The van der Waals surface area contributed by atoms with Crippen LogP contribution in [-0.4, -0.2) is 111 Å².